The van der Waals surface area contributed by atoms with Crippen LogP contribution in [0.4, 0.5) is 4.39 Å². The summed E-state index contributed by atoms with van der Waals surface area (Å²) in [6.07, 6.45) is 7.33. The van der Waals surface area contributed by atoms with E-state index >= 15 is 0 Å². The Bertz CT molecular complexity index is 987. The Morgan fingerprint density at radius 2 is 2.24 bits per heavy atom. The zero-order valence-electron chi connectivity index (χ0n) is 18.5. The summed E-state index contributed by atoms with van der Waals surface area (Å²) in [6, 6.07) is 8.16. The van der Waals surface area contributed by atoms with Crippen molar-refractivity contribution in [3.05, 3.63) is 52.0 Å². The number of carbonyl (C=O) groups is 1. The first kappa shape index (κ1) is 23.7. The molecule has 1 N–H and O–H groups in total. The van der Waals surface area contributed by atoms with E-state index in [2.05, 4.69) is 5.92 Å². The zero-order chi connectivity index (χ0) is 23.2. The number of hydrogen-bond donors (Lipinski definition) is 1. The normalized spacial score (nSPS) is 18.6. The third kappa shape index (κ3) is 6.33. The number of fused-ring (bicyclic) bond motifs is 1. The number of hydrogen-bond acceptors (Lipinski definition) is 6. The van der Waals surface area contributed by atoms with E-state index in [1.54, 1.807) is 23.5 Å². The number of thiophene rings is 1. The van der Waals surface area contributed by atoms with Crippen LogP contribution < -0.4 is 4.74 Å². The lowest BCUT2D eigenvalue weighted by Gasteiger charge is -2.37. The Labute approximate surface area is 197 Å². The van der Waals surface area contributed by atoms with Gasteiger partial charge in [0.25, 0.3) is 0 Å². The van der Waals surface area contributed by atoms with Gasteiger partial charge in [-0.05, 0) is 48.4 Å². The Morgan fingerprint density at radius 3 is 3.00 bits per heavy atom. The molecule has 0 bridgehead atoms. The largest absolute Gasteiger partial charge is 0.491 e. The molecule has 0 unspecified atom stereocenters. The van der Waals surface area contributed by atoms with Crippen LogP contribution in [0.25, 0.3) is 0 Å². The number of aliphatic hydroxyl groups is 1. The summed E-state index contributed by atoms with van der Waals surface area (Å²) in [4.78, 5) is 18.6. The van der Waals surface area contributed by atoms with Crippen molar-refractivity contribution in [3.63, 3.8) is 0 Å². The molecule has 2 atom stereocenters. The smallest absolute Gasteiger partial charge is 0.237 e. The summed E-state index contributed by atoms with van der Waals surface area (Å²) in [5.41, 5.74) is 1.09. The summed E-state index contributed by atoms with van der Waals surface area (Å²) >= 11 is 1.69. The number of benzene rings is 1. The molecule has 8 heteroatoms. The lowest BCUT2D eigenvalue weighted by atomic mass is 10.0. The molecule has 1 aliphatic carbocycles. The predicted molar refractivity (Wildman–Crippen MR) is 125 cm³/mol. The third-order valence-electron chi connectivity index (χ3n) is 5.96. The first-order valence-corrected chi connectivity index (χ1v) is 12.1. The third-order valence-corrected chi connectivity index (χ3v) is 6.96. The van der Waals surface area contributed by atoms with Gasteiger partial charge >= 0.3 is 0 Å². The number of carbonyl (C=O) groups excluding carboxylic acids is 1. The maximum absolute atomic E-state index is 13.6. The molecular formula is C25H29FN2O4S. The SMILES string of the molecule is C#CCOC[C@@H](O)CN(CC(=O)N1CCc2sccc2[C@H]1COc1cccc(F)c1)C1CC1. The van der Waals surface area contributed by atoms with Gasteiger partial charge in [-0.15, -0.1) is 17.8 Å². The summed E-state index contributed by atoms with van der Waals surface area (Å²) in [6.45, 7) is 1.76. The number of amides is 1. The van der Waals surface area contributed by atoms with E-state index in [0.717, 1.165) is 24.8 Å². The molecule has 1 fully saturated rings. The van der Waals surface area contributed by atoms with E-state index in [1.807, 2.05) is 21.2 Å². The number of halogens is 1. The number of nitrogens with zero attached hydrogens (tertiary/aromatic N) is 2. The van der Waals surface area contributed by atoms with Gasteiger partial charge in [-0.25, -0.2) is 4.39 Å². The second kappa shape index (κ2) is 11.1. The standard InChI is InChI=1S/C25H29FN2O4S/c1-2-11-31-16-20(29)14-27(19-6-7-19)15-25(30)28-10-8-24-22(9-12-33-24)23(28)17-32-21-5-3-4-18(26)13-21/h1,3-5,9,12-13,19-20,23,29H,6-8,10-11,14-17H2/t20-,23+/m0/s1. The molecular weight excluding hydrogens is 443 g/mol. The van der Waals surface area contributed by atoms with Gasteiger partial charge in [0.05, 0.1) is 25.3 Å². The maximum Gasteiger partial charge on any atom is 0.237 e. The molecule has 1 amide bonds. The highest BCUT2D eigenvalue weighted by atomic mass is 32.1. The van der Waals surface area contributed by atoms with E-state index in [-0.39, 0.29) is 44.1 Å². The molecule has 1 aromatic carbocycles. The van der Waals surface area contributed by atoms with Crippen molar-refractivity contribution in [2.45, 2.75) is 37.5 Å². The summed E-state index contributed by atoms with van der Waals surface area (Å²) in [5.74, 6) is 2.48. The van der Waals surface area contributed by atoms with E-state index in [0.29, 0.717) is 24.9 Å². The topological polar surface area (TPSA) is 62.2 Å². The number of ether oxygens (including phenoxy) is 2. The fraction of sp³-hybridized carbons (Fsp3) is 0.480. The average molecular weight is 473 g/mol. The van der Waals surface area contributed by atoms with Crippen molar-refractivity contribution in [3.8, 4) is 18.1 Å². The second-order valence-corrected chi connectivity index (χ2v) is 9.45. The van der Waals surface area contributed by atoms with Gasteiger partial charge in [0.2, 0.25) is 5.91 Å². The first-order valence-electron chi connectivity index (χ1n) is 11.2. The molecule has 2 aliphatic rings. The van der Waals surface area contributed by atoms with Crippen molar-refractivity contribution >= 4 is 17.2 Å². The van der Waals surface area contributed by atoms with Gasteiger partial charge in [0.15, 0.2) is 0 Å². The quantitative estimate of drug-likeness (QED) is 0.403. The van der Waals surface area contributed by atoms with Crippen LogP contribution in [0.1, 0.15) is 29.3 Å². The number of rotatable bonds is 11. The minimum absolute atomic E-state index is 0.00309. The predicted octanol–water partition coefficient (Wildman–Crippen LogP) is 2.87. The molecule has 1 aromatic heterocycles. The van der Waals surface area contributed by atoms with Crippen molar-refractivity contribution < 1.29 is 23.8 Å². The highest BCUT2D eigenvalue weighted by Gasteiger charge is 2.36. The van der Waals surface area contributed by atoms with E-state index in [4.69, 9.17) is 15.9 Å². The molecule has 176 valence electrons. The van der Waals surface area contributed by atoms with Crippen molar-refractivity contribution in [1.29, 1.82) is 0 Å². The summed E-state index contributed by atoms with van der Waals surface area (Å²) in [7, 11) is 0. The van der Waals surface area contributed by atoms with Gasteiger partial charge in [-0.2, -0.15) is 0 Å². The molecule has 4 rings (SSSR count). The Kier molecular flexibility index (Phi) is 7.99. The fourth-order valence-electron chi connectivity index (χ4n) is 4.23. The minimum Gasteiger partial charge on any atom is -0.491 e. The van der Waals surface area contributed by atoms with Gasteiger partial charge in [-0.3, -0.25) is 9.69 Å². The molecule has 33 heavy (non-hydrogen) atoms. The van der Waals surface area contributed by atoms with Gasteiger partial charge in [0, 0.05) is 30.1 Å². The molecule has 0 spiro atoms. The van der Waals surface area contributed by atoms with Crippen molar-refractivity contribution in [2.75, 3.05) is 39.5 Å². The van der Waals surface area contributed by atoms with Gasteiger partial charge in [0.1, 0.15) is 24.8 Å². The van der Waals surface area contributed by atoms with E-state index < -0.39 is 6.10 Å². The molecule has 6 nitrogen and oxygen atoms in total. The molecule has 2 aromatic rings. The average Bonchev–Trinajstić information content (AvgIpc) is 3.54. The molecule has 0 radical (unpaired) electrons. The van der Waals surface area contributed by atoms with Crippen LogP contribution in [-0.4, -0.2) is 72.4 Å². The van der Waals surface area contributed by atoms with E-state index in [9.17, 15) is 14.3 Å². The number of aliphatic hydroxyl groups excluding tert-OH is 1. The summed E-state index contributed by atoms with van der Waals surface area (Å²) in [5, 5.41) is 12.4. The maximum atomic E-state index is 13.6. The number of terminal acetylenes is 1. The first-order chi connectivity index (χ1) is 16.0. The van der Waals surface area contributed by atoms with Crippen LogP contribution >= 0.6 is 11.3 Å². The van der Waals surface area contributed by atoms with Gasteiger partial charge in [-0.1, -0.05) is 12.0 Å². The van der Waals surface area contributed by atoms with Gasteiger partial charge < -0.3 is 19.5 Å². The highest BCUT2D eigenvalue weighted by molar-refractivity contribution is 7.10. The Morgan fingerprint density at radius 1 is 1.39 bits per heavy atom. The summed E-state index contributed by atoms with van der Waals surface area (Å²) < 4.78 is 24.7. The highest BCUT2D eigenvalue weighted by Crippen LogP contribution is 2.34. The fourth-order valence-corrected chi connectivity index (χ4v) is 5.16. The molecule has 0 saturated heterocycles. The monoisotopic (exact) mass is 472 g/mol. The van der Waals surface area contributed by atoms with Crippen LogP contribution in [0.5, 0.6) is 5.75 Å². The lowest BCUT2D eigenvalue weighted by Crippen LogP contribution is -2.48. The van der Waals surface area contributed by atoms with Crippen LogP contribution in [0.15, 0.2) is 35.7 Å². The molecule has 1 aliphatic heterocycles. The van der Waals surface area contributed by atoms with Crippen LogP contribution in [0, 0.1) is 18.2 Å². The van der Waals surface area contributed by atoms with Crippen molar-refractivity contribution in [1.82, 2.24) is 9.80 Å². The van der Waals surface area contributed by atoms with Crippen LogP contribution in [-0.2, 0) is 16.0 Å². The van der Waals surface area contributed by atoms with Crippen LogP contribution in [0.2, 0.25) is 0 Å². The lowest BCUT2D eigenvalue weighted by molar-refractivity contribution is -0.136. The van der Waals surface area contributed by atoms with Crippen LogP contribution in [0.3, 0.4) is 0 Å². The molecule has 1 saturated carbocycles. The minimum atomic E-state index is -0.705. The van der Waals surface area contributed by atoms with Crippen molar-refractivity contribution in [2.24, 2.45) is 0 Å². The zero-order valence-corrected chi connectivity index (χ0v) is 19.3. The Hall–Kier alpha value is -2.44. The van der Waals surface area contributed by atoms with E-state index in [1.165, 1.54) is 17.0 Å². The molecule has 2 heterocycles. The Balaban J connectivity index is 1.42. The second-order valence-electron chi connectivity index (χ2n) is 8.45.